The largest absolute Gasteiger partial charge is 0.343 e. The molecule has 18 heavy (non-hydrogen) atoms. The van der Waals surface area contributed by atoms with E-state index in [-0.39, 0.29) is 23.9 Å². The summed E-state index contributed by atoms with van der Waals surface area (Å²) in [6.45, 7) is 4.54. The van der Waals surface area contributed by atoms with Crippen LogP contribution in [-0.4, -0.2) is 35.3 Å². The van der Waals surface area contributed by atoms with Crippen molar-refractivity contribution in [2.24, 2.45) is 5.92 Å². The average molecular weight is 252 g/mol. The minimum Gasteiger partial charge on any atom is -0.343 e. The van der Waals surface area contributed by atoms with Crippen molar-refractivity contribution in [3.8, 4) is 0 Å². The fourth-order valence-corrected chi connectivity index (χ4v) is 3.30. The summed E-state index contributed by atoms with van der Waals surface area (Å²) in [6, 6.07) is -0.571. The second-order valence-corrected chi connectivity index (χ2v) is 5.60. The molecule has 0 aromatic carbocycles. The minimum absolute atomic E-state index is 0.0578. The zero-order valence-electron chi connectivity index (χ0n) is 11.4. The summed E-state index contributed by atoms with van der Waals surface area (Å²) >= 11 is 0. The fraction of sp³-hybridized carbons (Fsp3) is 0.857. The van der Waals surface area contributed by atoms with E-state index in [2.05, 4.69) is 12.2 Å². The van der Waals surface area contributed by atoms with Crippen molar-refractivity contribution in [2.45, 2.75) is 64.5 Å². The van der Waals surface area contributed by atoms with E-state index in [1.807, 2.05) is 4.90 Å². The van der Waals surface area contributed by atoms with Crippen LogP contribution in [0.4, 0.5) is 0 Å². The number of carbonyl (C=O) groups is 2. The van der Waals surface area contributed by atoms with Crippen molar-refractivity contribution in [2.75, 3.05) is 6.54 Å². The van der Waals surface area contributed by atoms with Gasteiger partial charge in [0.1, 0.15) is 12.1 Å². The zero-order valence-corrected chi connectivity index (χ0v) is 11.4. The van der Waals surface area contributed by atoms with Crippen LogP contribution in [0.2, 0.25) is 0 Å². The van der Waals surface area contributed by atoms with Crippen molar-refractivity contribution in [1.29, 1.82) is 0 Å². The van der Waals surface area contributed by atoms with Gasteiger partial charge in [0.25, 0.3) is 0 Å². The number of hydrogen-bond acceptors (Lipinski definition) is 2. The van der Waals surface area contributed by atoms with E-state index >= 15 is 0 Å². The summed E-state index contributed by atoms with van der Waals surface area (Å²) in [5.74, 6) is 0.510. The maximum atomic E-state index is 12.2. The molecular weight excluding hydrogens is 228 g/mol. The number of nitrogens with one attached hydrogen (secondary N) is 1. The van der Waals surface area contributed by atoms with Crippen LogP contribution in [0.15, 0.2) is 0 Å². The third-order valence-corrected chi connectivity index (χ3v) is 4.18. The van der Waals surface area contributed by atoms with Crippen molar-refractivity contribution in [3.63, 3.8) is 0 Å². The molecule has 1 aliphatic heterocycles. The first-order valence-electron chi connectivity index (χ1n) is 7.26. The summed E-state index contributed by atoms with van der Waals surface area (Å²) in [5.41, 5.74) is 0. The molecule has 2 fully saturated rings. The summed E-state index contributed by atoms with van der Waals surface area (Å²) < 4.78 is 0. The van der Waals surface area contributed by atoms with Crippen LogP contribution in [0.25, 0.3) is 0 Å². The molecule has 1 saturated heterocycles. The van der Waals surface area contributed by atoms with Crippen LogP contribution >= 0.6 is 0 Å². The average Bonchev–Trinajstić information content (AvgIpc) is 2.37. The summed E-state index contributed by atoms with van der Waals surface area (Å²) in [5, 5.41) is 2.83. The molecule has 2 atom stereocenters. The van der Waals surface area contributed by atoms with E-state index < -0.39 is 0 Å². The van der Waals surface area contributed by atoms with E-state index in [1.165, 1.54) is 19.3 Å². The number of amides is 2. The molecule has 4 heteroatoms. The predicted molar refractivity (Wildman–Crippen MR) is 70.0 cm³/mol. The van der Waals surface area contributed by atoms with E-state index in [0.29, 0.717) is 12.5 Å². The summed E-state index contributed by atoms with van der Waals surface area (Å²) in [6.07, 6.45) is 6.73. The van der Waals surface area contributed by atoms with Gasteiger partial charge < -0.3 is 10.2 Å². The van der Waals surface area contributed by atoms with E-state index in [9.17, 15) is 9.59 Å². The van der Waals surface area contributed by atoms with Crippen molar-refractivity contribution >= 4 is 11.8 Å². The van der Waals surface area contributed by atoms with Crippen LogP contribution in [-0.2, 0) is 9.59 Å². The lowest BCUT2D eigenvalue weighted by Crippen LogP contribution is -2.64. The lowest BCUT2D eigenvalue weighted by molar-refractivity contribution is -0.151. The van der Waals surface area contributed by atoms with Crippen molar-refractivity contribution < 1.29 is 9.59 Å². The Labute approximate surface area is 109 Å². The first kappa shape index (κ1) is 13.4. The minimum atomic E-state index is -0.358. The molecule has 2 unspecified atom stereocenters. The first-order valence-corrected chi connectivity index (χ1v) is 7.26. The molecule has 0 aromatic rings. The summed E-state index contributed by atoms with van der Waals surface area (Å²) in [7, 11) is 0. The molecule has 0 spiro atoms. The van der Waals surface area contributed by atoms with Gasteiger partial charge in [0, 0.05) is 6.54 Å². The van der Waals surface area contributed by atoms with Gasteiger partial charge in [0.05, 0.1) is 0 Å². The van der Waals surface area contributed by atoms with Crippen molar-refractivity contribution in [1.82, 2.24) is 10.2 Å². The number of rotatable bonds is 3. The van der Waals surface area contributed by atoms with Gasteiger partial charge in [-0.15, -0.1) is 0 Å². The Kier molecular flexibility index (Phi) is 4.25. The van der Waals surface area contributed by atoms with Gasteiger partial charge >= 0.3 is 0 Å². The van der Waals surface area contributed by atoms with Gasteiger partial charge in [-0.2, -0.15) is 0 Å². The lowest BCUT2D eigenvalue weighted by Gasteiger charge is -2.42. The second-order valence-electron chi connectivity index (χ2n) is 5.60. The maximum Gasteiger partial charge on any atom is 0.245 e. The Morgan fingerprint density at radius 1 is 1.22 bits per heavy atom. The second kappa shape index (κ2) is 5.72. The molecule has 1 heterocycles. The molecule has 102 valence electrons. The maximum absolute atomic E-state index is 12.2. The highest BCUT2D eigenvalue weighted by Gasteiger charge is 2.42. The highest BCUT2D eigenvalue weighted by Crippen LogP contribution is 2.31. The van der Waals surface area contributed by atoms with Crippen LogP contribution in [0.5, 0.6) is 0 Å². The van der Waals surface area contributed by atoms with Crippen LogP contribution < -0.4 is 5.32 Å². The quantitative estimate of drug-likeness (QED) is 0.831. The molecule has 0 bridgehead atoms. The predicted octanol–water partition coefficient (Wildman–Crippen LogP) is 1.69. The van der Waals surface area contributed by atoms with E-state index in [1.54, 1.807) is 6.92 Å². The SMILES string of the molecule is CCCN1C(=O)C(C)NC(=O)C1C1CCCCC1. The van der Waals surface area contributed by atoms with Crippen LogP contribution in [0, 0.1) is 5.92 Å². The first-order chi connectivity index (χ1) is 8.65. The van der Waals surface area contributed by atoms with Gasteiger partial charge in [-0.25, -0.2) is 0 Å². The number of carbonyl (C=O) groups excluding carboxylic acids is 2. The fourth-order valence-electron chi connectivity index (χ4n) is 3.30. The Morgan fingerprint density at radius 2 is 1.89 bits per heavy atom. The normalized spacial score (nSPS) is 30.4. The van der Waals surface area contributed by atoms with Gasteiger partial charge in [-0.3, -0.25) is 9.59 Å². The standard InChI is InChI=1S/C14H24N2O2/c1-3-9-16-12(11-7-5-4-6-8-11)13(17)15-10(2)14(16)18/h10-12H,3-9H2,1-2H3,(H,15,17). The Hall–Kier alpha value is -1.06. The third-order valence-electron chi connectivity index (χ3n) is 4.18. The molecule has 2 rings (SSSR count). The van der Waals surface area contributed by atoms with E-state index in [4.69, 9.17) is 0 Å². The molecule has 2 aliphatic rings. The highest BCUT2D eigenvalue weighted by atomic mass is 16.2. The zero-order chi connectivity index (χ0) is 13.1. The molecule has 0 aromatic heterocycles. The van der Waals surface area contributed by atoms with E-state index in [0.717, 1.165) is 19.3 Å². The monoisotopic (exact) mass is 252 g/mol. The highest BCUT2D eigenvalue weighted by molar-refractivity contribution is 5.96. The third kappa shape index (κ3) is 2.52. The molecule has 0 radical (unpaired) electrons. The van der Waals surface area contributed by atoms with Gasteiger partial charge in [-0.1, -0.05) is 26.2 Å². The molecule has 1 N–H and O–H groups in total. The van der Waals surface area contributed by atoms with Gasteiger partial charge in [0.15, 0.2) is 0 Å². The molecule has 4 nitrogen and oxygen atoms in total. The number of piperazine rings is 1. The van der Waals surface area contributed by atoms with Crippen molar-refractivity contribution in [3.05, 3.63) is 0 Å². The molecular formula is C14H24N2O2. The van der Waals surface area contributed by atoms with Gasteiger partial charge in [-0.05, 0) is 32.1 Å². The topological polar surface area (TPSA) is 49.4 Å². The Morgan fingerprint density at radius 3 is 2.50 bits per heavy atom. The molecule has 1 aliphatic carbocycles. The lowest BCUT2D eigenvalue weighted by atomic mass is 9.81. The Balaban J connectivity index is 2.16. The summed E-state index contributed by atoms with van der Waals surface area (Å²) in [4.78, 5) is 26.3. The molecule has 1 saturated carbocycles. The van der Waals surface area contributed by atoms with Gasteiger partial charge in [0.2, 0.25) is 11.8 Å². The molecule has 2 amide bonds. The smallest absolute Gasteiger partial charge is 0.245 e. The number of hydrogen-bond donors (Lipinski definition) is 1. The Bertz CT molecular complexity index is 324. The van der Waals surface area contributed by atoms with Crippen LogP contribution in [0.3, 0.4) is 0 Å². The van der Waals surface area contributed by atoms with Crippen LogP contribution in [0.1, 0.15) is 52.4 Å². The number of nitrogens with zero attached hydrogens (tertiary/aromatic N) is 1.